The van der Waals surface area contributed by atoms with Gasteiger partial charge in [0.05, 0.1) is 18.4 Å². The molecule has 0 atom stereocenters. The van der Waals surface area contributed by atoms with E-state index in [0.29, 0.717) is 17.3 Å². The van der Waals surface area contributed by atoms with E-state index in [4.69, 9.17) is 0 Å². The highest BCUT2D eigenvalue weighted by molar-refractivity contribution is 6.03. The van der Waals surface area contributed by atoms with E-state index in [1.165, 1.54) is 13.2 Å². The standard InChI is InChI=1S/C19H14F2N4O3/c1-28-19(27)11-3-2-4-13(7-11)24-17-9-16(22-10-23-17)18(26)25-15-6-5-12(20)8-14(15)21/h2-10H,1H3,(H,25,26)(H,22,23,24). The van der Waals surface area contributed by atoms with Gasteiger partial charge in [-0.2, -0.15) is 0 Å². The molecule has 0 saturated heterocycles. The van der Waals surface area contributed by atoms with Crippen LogP contribution in [0.25, 0.3) is 0 Å². The Kier molecular flexibility index (Phi) is 5.54. The number of benzene rings is 2. The zero-order valence-corrected chi connectivity index (χ0v) is 14.6. The lowest BCUT2D eigenvalue weighted by atomic mass is 10.2. The topological polar surface area (TPSA) is 93.2 Å². The van der Waals surface area contributed by atoms with Crippen LogP contribution in [0, 0.1) is 11.6 Å². The predicted molar refractivity (Wildman–Crippen MR) is 97.4 cm³/mol. The van der Waals surface area contributed by atoms with Gasteiger partial charge in [0.2, 0.25) is 0 Å². The molecule has 0 unspecified atom stereocenters. The van der Waals surface area contributed by atoms with Crippen LogP contribution < -0.4 is 10.6 Å². The van der Waals surface area contributed by atoms with Gasteiger partial charge in [-0.15, -0.1) is 0 Å². The molecule has 9 heteroatoms. The molecule has 1 aromatic heterocycles. The summed E-state index contributed by atoms with van der Waals surface area (Å²) in [6, 6.07) is 10.7. The van der Waals surface area contributed by atoms with Gasteiger partial charge >= 0.3 is 5.97 Å². The van der Waals surface area contributed by atoms with Crippen molar-refractivity contribution in [2.24, 2.45) is 0 Å². The highest BCUT2D eigenvalue weighted by Gasteiger charge is 2.13. The van der Waals surface area contributed by atoms with Crippen molar-refractivity contribution in [3.8, 4) is 0 Å². The van der Waals surface area contributed by atoms with Gasteiger partial charge in [0.1, 0.15) is 29.5 Å². The van der Waals surface area contributed by atoms with Crippen molar-refractivity contribution in [1.29, 1.82) is 0 Å². The number of hydrogen-bond acceptors (Lipinski definition) is 6. The van der Waals surface area contributed by atoms with E-state index >= 15 is 0 Å². The van der Waals surface area contributed by atoms with E-state index in [2.05, 4.69) is 25.3 Å². The molecule has 7 nitrogen and oxygen atoms in total. The maximum atomic E-state index is 13.7. The van der Waals surface area contributed by atoms with Crippen molar-refractivity contribution < 1.29 is 23.1 Å². The molecule has 0 saturated carbocycles. The Morgan fingerprint density at radius 2 is 1.86 bits per heavy atom. The smallest absolute Gasteiger partial charge is 0.337 e. The van der Waals surface area contributed by atoms with Crippen LogP contribution in [0.3, 0.4) is 0 Å². The Hall–Kier alpha value is -3.88. The molecule has 2 N–H and O–H groups in total. The molecule has 3 rings (SSSR count). The first-order chi connectivity index (χ1) is 13.5. The number of nitrogens with one attached hydrogen (secondary N) is 2. The quantitative estimate of drug-likeness (QED) is 0.654. The van der Waals surface area contributed by atoms with Crippen LogP contribution in [-0.2, 0) is 4.74 Å². The first-order valence-electron chi connectivity index (χ1n) is 8.00. The summed E-state index contributed by atoms with van der Waals surface area (Å²) in [6.45, 7) is 0. The monoisotopic (exact) mass is 384 g/mol. The number of rotatable bonds is 5. The number of aromatic nitrogens is 2. The largest absolute Gasteiger partial charge is 0.465 e. The van der Waals surface area contributed by atoms with Crippen LogP contribution >= 0.6 is 0 Å². The summed E-state index contributed by atoms with van der Waals surface area (Å²) in [6.07, 6.45) is 1.16. The molecule has 0 aliphatic carbocycles. The summed E-state index contributed by atoms with van der Waals surface area (Å²) in [4.78, 5) is 31.7. The molecule has 0 aliphatic rings. The number of methoxy groups -OCH3 is 1. The van der Waals surface area contributed by atoms with Gasteiger partial charge in [-0.05, 0) is 30.3 Å². The summed E-state index contributed by atoms with van der Waals surface area (Å²) in [7, 11) is 1.28. The molecule has 2 aromatic carbocycles. The zero-order valence-electron chi connectivity index (χ0n) is 14.6. The van der Waals surface area contributed by atoms with Gasteiger partial charge in [0.15, 0.2) is 0 Å². The number of carbonyl (C=O) groups is 2. The fraction of sp³-hybridized carbons (Fsp3) is 0.0526. The van der Waals surface area contributed by atoms with E-state index in [1.807, 2.05) is 0 Å². The van der Waals surface area contributed by atoms with Crippen LogP contribution in [0.15, 0.2) is 54.9 Å². The second-order valence-corrected chi connectivity index (χ2v) is 5.56. The molecular formula is C19H14F2N4O3. The Labute approximate surface area is 158 Å². The molecule has 1 heterocycles. The van der Waals surface area contributed by atoms with Crippen LogP contribution in [-0.4, -0.2) is 29.0 Å². The highest BCUT2D eigenvalue weighted by Crippen LogP contribution is 2.19. The number of ether oxygens (including phenoxy) is 1. The minimum absolute atomic E-state index is 0.0367. The van der Waals surface area contributed by atoms with E-state index < -0.39 is 23.5 Å². The summed E-state index contributed by atoms with van der Waals surface area (Å²) in [5.41, 5.74) is 0.666. The molecular weight excluding hydrogens is 370 g/mol. The SMILES string of the molecule is COC(=O)c1cccc(Nc2cc(C(=O)Nc3ccc(F)cc3F)ncn2)c1. The van der Waals surface area contributed by atoms with E-state index in [1.54, 1.807) is 24.3 Å². The normalized spacial score (nSPS) is 10.2. The minimum atomic E-state index is -0.902. The van der Waals surface area contributed by atoms with Gasteiger partial charge in [0.25, 0.3) is 5.91 Å². The molecule has 0 spiro atoms. The van der Waals surface area contributed by atoms with Gasteiger partial charge in [-0.3, -0.25) is 4.79 Å². The molecule has 0 radical (unpaired) electrons. The van der Waals surface area contributed by atoms with Crippen LogP contribution in [0.2, 0.25) is 0 Å². The number of amides is 1. The Morgan fingerprint density at radius 1 is 1.04 bits per heavy atom. The lowest BCUT2D eigenvalue weighted by Gasteiger charge is -2.09. The Morgan fingerprint density at radius 3 is 2.61 bits per heavy atom. The minimum Gasteiger partial charge on any atom is -0.465 e. The van der Waals surface area contributed by atoms with E-state index in [-0.39, 0.29) is 17.2 Å². The third-order valence-electron chi connectivity index (χ3n) is 3.64. The van der Waals surface area contributed by atoms with Crippen molar-refractivity contribution in [2.75, 3.05) is 17.7 Å². The van der Waals surface area contributed by atoms with Gasteiger partial charge < -0.3 is 15.4 Å². The molecule has 0 bridgehead atoms. The highest BCUT2D eigenvalue weighted by atomic mass is 19.1. The number of halogens is 2. The number of nitrogens with zero attached hydrogens (tertiary/aromatic N) is 2. The average Bonchev–Trinajstić information content (AvgIpc) is 2.70. The molecule has 142 valence electrons. The van der Waals surface area contributed by atoms with Crippen molar-refractivity contribution in [2.45, 2.75) is 0 Å². The second-order valence-electron chi connectivity index (χ2n) is 5.56. The van der Waals surface area contributed by atoms with Gasteiger partial charge in [-0.1, -0.05) is 6.07 Å². The van der Waals surface area contributed by atoms with E-state index in [9.17, 15) is 18.4 Å². The lowest BCUT2D eigenvalue weighted by Crippen LogP contribution is -2.15. The second kappa shape index (κ2) is 8.21. The average molecular weight is 384 g/mol. The fourth-order valence-electron chi connectivity index (χ4n) is 2.32. The first-order valence-corrected chi connectivity index (χ1v) is 8.00. The third kappa shape index (κ3) is 4.44. The zero-order chi connectivity index (χ0) is 20.1. The van der Waals surface area contributed by atoms with Gasteiger partial charge in [-0.25, -0.2) is 23.5 Å². The summed E-state index contributed by atoms with van der Waals surface area (Å²) >= 11 is 0. The molecule has 3 aromatic rings. The van der Waals surface area contributed by atoms with Crippen molar-refractivity contribution in [1.82, 2.24) is 9.97 Å². The molecule has 0 fully saturated rings. The Bertz CT molecular complexity index is 1040. The molecule has 28 heavy (non-hydrogen) atoms. The number of carbonyl (C=O) groups excluding carboxylic acids is 2. The summed E-state index contributed by atoms with van der Waals surface area (Å²) in [5.74, 6) is -2.56. The maximum absolute atomic E-state index is 13.7. The lowest BCUT2D eigenvalue weighted by molar-refractivity contribution is 0.0600. The van der Waals surface area contributed by atoms with Crippen LogP contribution in [0.4, 0.5) is 26.0 Å². The Balaban J connectivity index is 1.77. The number of hydrogen-bond donors (Lipinski definition) is 2. The summed E-state index contributed by atoms with van der Waals surface area (Å²) in [5, 5.41) is 5.26. The van der Waals surface area contributed by atoms with E-state index in [0.717, 1.165) is 18.5 Å². The third-order valence-corrected chi connectivity index (χ3v) is 3.64. The predicted octanol–water partition coefficient (Wildman–Crippen LogP) is 3.54. The van der Waals surface area contributed by atoms with Gasteiger partial charge in [0, 0.05) is 17.8 Å². The number of esters is 1. The summed E-state index contributed by atoms with van der Waals surface area (Å²) < 4.78 is 31.3. The van der Waals surface area contributed by atoms with Crippen LogP contribution in [0.1, 0.15) is 20.8 Å². The van der Waals surface area contributed by atoms with Crippen molar-refractivity contribution >= 4 is 29.1 Å². The van der Waals surface area contributed by atoms with Crippen LogP contribution in [0.5, 0.6) is 0 Å². The van der Waals surface area contributed by atoms with Crippen molar-refractivity contribution in [3.63, 3.8) is 0 Å². The maximum Gasteiger partial charge on any atom is 0.337 e. The number of anilines is 3. The molecule has 0 aliphatic heterocycles. The first kappa shape index (κ1) is 18.9. The van der Waals surface area contributed by atoms with Crippen molar-refractivity contribution in [3.05, 3.63) is 77.8 Å². The molecule has 1 amide bonds. The fourth-order valence-corrected chi connectivity index (χ4v) is 2.32.